The number of nitrogens with one attached hydrogen (secondary N) is 1. The summed E-state index contributed by atoms with van der Waals surface area (Å²) in [7, 11) is -3.56. The van der Waals surface area contributed by atoms with Crippen molar-refractivity contribution in [2.24, 2.45) is 0 Å². The van der Waals surface area contributed by atoms with Crippen LogP contribution in [-0.4, -0.2) is 40.5 Å². The average Bonchev–Trinajstić information content (AvgIpc) is 3.29. The molecule has 1 aliphatic heterocycles. The predicted octanol–water partition coefficient (Wildman–Crippen LogP) is 3.81. The Morgan fingerprint density at radius 1 is 1.00 bits per heavy atom. The van der Waals surface area contributed by atoms with Crippen LogP contribution in [0, 0.1) is 13.8 Å². The van der Waals surface area contributed by atoms with Crippen LogP contribution in [0.2, 0.25) is 0 Å². The van der Waals surface area contributed by atoms with Crippen molar-refractivity contribution in [1.82, 2.24) is 5.32 Å². The summed E-state index contributed by atoms with van der Waals surface area (Å²) in [4.78, 5) is 12.5. The summed E-state index contributed by atoms with van der Waals surface area (Å²) in [5.41, 5.74) is 3.91. The molecule has 1 heterocycles. The third kappa shape index (κ3) is 6.05. The summed E-state index contributed by atoms with van der Waals surface area (Å²) >= 11 is 0. The smallest absolute Gasteiger partial charge is 0.251 e. The normalized spacial score (nSPS) is 12.3. The highest BCUT2D eigenvalue weighted by atomic mass is 32.2. The maximum atomic E-state index is 12.5. The summed E-state index contributed by atoms with van der Waals surface area (Å²) in [6, 6.07) is 17.8. The molecule has 8 nitrogen and oxygen atoms in total. The SMILES string of the molecule is Cc1ccc(OCCNC(=O)c2ccc(CN(c3ccc4c(c3)OCO4)S(C)(=O)=O)cc2)c(C)c1. The van der Waals surface area contributed by atoms with E-state index >= 15 is 0 Å². The highest BCUT2D eigenvalue weighted by Crippen LogP contribution is 2.36. The van der Waals surface area contributed by atoms with E-state index in [1.165, 1.54) is 9.87 Å². The van der Waals surface area contributed by atoms with Crippen LogP contribution in [0.1, 0.15) is 27.0 Å². The largest absolute Gasteiger partial charge is 0.491 e. The van der Waals surface area contributed by atoms with E-state index in [0.29, 0.717) is 35.9 Å². The number of anilines is 1. The maximum absolute atomic E-state index is 12.5. The Balaban J connectivity index is 1.35. The Kier molecular flexibility index (Phi) is 7.16. The number of amides is 1. The van der Waals surface area contributed by atoms with Crippen molar-refractivity contribution in [3.8, 4) is 17.2 Å². The van der Waals surface area contributed by atoms with Crippen molar-refractivity contribution in [3.63, 3.8) is 0 Å². The van der Waals surface area contributed by atoms with Crippen molar-refractivity contribution in [1.29, 1.82) is 0 Å². The van der Waals surface area contributed by atoms with Gasteiger partial charge in [-0.2, -0.15) is 0 Å². The van der Waals surface area contributed by atoms with Crippen LogP contribution in [0.3, 0.4) is 0 Å². The van der Waals surface area contributed by atoms with Gasteiger partial charge in [-0.05, 0) is 55.3 Å². The Labute approximate surface area is 205 Å². The van der Waals surface area contributed by atoms with Crippen molar-refractivity contribution < 1.29 is 27.4 Å². The van der Waals surface area contributed by atoms with Crippen LogP contribution < -0.4 is 23.8 Å². The standard InChI is InChI=1S/C26H28N2O6S/c1-18-4-10-23(19(2)14-18)32-13-12-27-26(29)21-7-5-20(6-8-21)16-28(35(3,30)31)22-9-11-24-25(15-22)34-17-33-24/h4-11,14-15H,12-13,16-17H2,1-3H3,(H,27,29). The van der Waals surface area contributed by atoms with Crippen molar-refractivity contribution >= 4 is 21.6 Å². The van der Waals surface area contributed by atoms with Crippen LogP contribution >= 0.6 is 0 Å². The molecule has 1 amide bonds. The molecule has 1 aliphatic rings. The highest BCUT2D eigenvalue weighted by molar-refractivity contribution is 7.92. The zero-order chi connectivity index (χ0) is 25.0. The third-order valence-corrected chi connectivity index (χ3v) is 6.70. The third-order valence-electron chi connectivity index (χ3n) is 5.56. The van der Waals surface area contributed by atoms with Crippen molar-refractivity contribution in [3.05, 3.63) is 82.9 Å². The molecule has 0 atom stereocenters. The number of nitrogens with zero attached hydrogens (tertiary/aromatic N) is 1. The number of rotatable bonds is 9. The molecule has 3 aromatic rings. The first-order chi connectivity index (χ1) is 16.7. The molecule has 0 saturated carbocycles. The van der Waals surface area contributed by atoms with Gasteiger partial charge in [0.25, 0.3) is 5.91 Å². The second-order valence-electron chi connectivity index (χ2n) is 8.38. The summed E-state index contributed by atoms with van der Waals surface area (Å²) in [5, 5.41) is 2.84. The number of fused-ring (bicyclic) bond motifs is 1. The van der Waals surface area contributed by atoms with Gasteiger partial charge in [-0.25, -0.2) is 8.42 Å². The van der Waals surface area contributed by atoms with Crippen molar-refractivity contribution in [2.45, 2.75) is 20.4 Å². The molecule has 9 heteroatoms. The number of carbonyl (C=O) groups is 1. The molecule has 4 rings (SSSR count). The lowest BCUT2D eigenvalue weighted by atomic mass is 10.1. The lowest BCUT2D eigenvalue weighted by Crippen LogP contribution is -2.29. The molecule has 35 heavy (non-hydrogen) atoms. The first kappa shape index (κ1) is 24.4. The van der Waals surface area contributed by atoms with Gasteiger partial charge in [0.15, 0.2) is 11.5 Å². The quantitative estimate of drug-likeness (QED) is 0.453. The van der Waals surface area contributed by atoms with Gasteiger partial charge >= 0.3 is 0 Å². The van der Waals surface area contributed by atoms with E-state index in [2.05, 4.69) is 5.32 Å². The zero-order valence-electron chi connectivity index (χ0n) is 19.9. The second-order valence-corrected chi connectivity index (χ2v) is 10.3. The number of ether oxygens (including phenoxy) is 3. The monoisotopic (exact) mass is 496 g/mol. The molecule has 0 spiro atoms. The molecule has 0 aliphatic carbocycles. The fourth-order valence-electron chi connectivity index (χ4n) is 3.76. The van der Waals surface area contributed by atoms with Gasteiger partial charge in [0.05, 0.1) is 25.0 Å². The molecular weight excluding hydrogens is 468 g/mol. The van der Waals surface area contributed by atoms with Gasteiger partial charge in [0.1, 0.15) is 12.4 Å². The number of sulfonamides is 1. The number of aryl methyl sites for hydroxylation is 2. The van der Waals surface area contributed by atoms with E-state index in [4.69, 9.17) is 14.2 Å². The number of hydrogen-bond donors (Lipinski definition) is 1. The molecular formula is C26H28N2O6S. The van der Waals surface area contributed by atoms with Gasteiger partial charge in [-0.3, -0.25) is 9.10 Å². The highest BCUT2D eigenvalue weighted by Gasteiger charge is 2.22. The zero-order valence-corrected chi connectivity index (χ0v) is 20.7. The van der Waals surface area contributed by atoms with E-state index in [0.717, 1.165) is 23.1 Å². The Morgan fingerprint density at radius 2 is 1.74 bits per heavy atom. The fourth-order valence-corrected chi connectivity index (χ4v) is 4.64. The minimum atomic E-state index is -3.56. The lowest BCUT2D eigenvalue weighted by molar-refractivity contribution is 0.0947. The van der Waals surface area contributed by atoms with Crippen LogP contribution in [0.4, 0.5) is 5.69 Å². The molecule has 0 aromatic heterocycles. The van der Waals surface area contributed by atoms with Crippen LogP contribution in [0.5, 0.6) is 17.2 Å². The molecule has 0 unspecified atom stereocenters. The molecule has 3 aromatic carbocycles. The summed E-state index contributed by atoms with van der Waals surface area (Å²) < 4.78 is 42.7. The van der Waals surface area contributed by atoms with E-state index in [1.54, 1.807) is 42.5 Å². The van der Waals surface area contributed by atoms with E-state index in [-0.39, 0.29) is 19.2 Å². The summed E-state index contributed by atoms with van der Waals surface area (Å²) in [6.07, 6.45) is 1.15. The van der Waals surface area contributed by atoms with Gasteiger partial charge in [-0.15, -0.1) is 0 Å². The minimum Gasteiger partial charge on any atom is -0.491 e. The van der Waals surface area contributed by atoms with Crippen LogP contribution in [0.15, 0.2) is 60.7 Å². The number of hydrogen-bond acceptors (Lipinski definition) is 6. The molecule has 0 radical (unpaired) electrons. The summed E-state index contributed by atoms with van der Waals surface area (Å²) in [6.45, 7) is 4.95. The van der Waals surface area contributed by atoms with E-state index in [9.17, 15) is 13.2 Å². The maximum Gasteiger partial charge on any atom is 0.251 e. The van der Waals surface area contributed by atoms with Crippen LogP contribution in [0.25, 0.3) is 0 Å². The number of benzene rings is 3. The Morgan fingerprint density at radius 3 is 2.46 bits per heavy atom. The van der Waals surface area contributed by atoms with E-state index in [1.807, 2.05) is 32.0 Å². The molecule has 184 valence electrons. The molecule has 0 bridgehead atoms. The fraction of sp³-hybridized carbons (Fsp3) is 0.269. The minimum absolute atomic E-state index is 0.110. The van der Waals surface area contributed by atoms with Crippen molar-refractivity contribution in [2.75, 3.05) is 30.5 Å². The lowest BCUT2D eigenvalue weighted by Gasteiger charge is -2.23. The van der Waals surface area contributed by atoms with Gasteiger partial charge in [0.2, 0.25) is 16.8 Å². The molecule has 0 saturated heterocycles. The average molecular weight is 497 g/mol. The predicted molar refractivity (Wildman–Crippen MR) is 134 cm³/mol. The van der Waals surface area contributed by atoms with Crippen LogP contribution in [-0.2, 0) is 16.6 Å². The molecule has 1 N–H and O–H groups in total. The van der Waals surface area contributed by atoms with Gasteiger partial charge in [-0.1, -0.05) is 29.8 Å². The van der Waals surface area contributed by atoms with Gasteiger partial charge < -0.3 is 19.5 Å². The number of carbonyl (C=O) groups excluding carboxylic acids is 1. The first-order valence-corrected chi connectivity index (χ1v) is 13.0. The van der Waals surface area contributed by atoms with E-state index < -0.39 is 10.0 Å². The second kappa shape index (κ2) is 10.3. The Bertz CT molecular complexity index is 1320. The van der Waals surface area contributed by atoms with Gasteiger partial charge in [0, 0.05) is 11.6 Å². The molecule has 0 fully saturated rings. The summed E-state index contributed by atoms with van der Waals surface area (Å²) in [5.74, 6) is 1.66. The topological polar surface area (TPSA) is 94.2 Å². The first-order valence-electron chi connectivity index (χ1n) is 11.2. The Hall–Kier alpha value is -3.72.